The molecule has 0 saturated heterocycles. The van der Waals surface area contributed by atoms with Crippen molar-refractivity contribution in [3.8, 4) is 0 Å². The minimum atomic E-state index is -2.17. The Labute approximate surface area is 70.7 Å². The third-order valence-electron chi connectivity index (χ3n) is 0. The Morgan fingerprint density at radius 1 is 1.00 bits per heavy atom. The molecule has 0 rings (SSSR count). The molecular weight excluding hydrogens is 211 g/mol. The van der Waals surface area contributed by atoms with Crippen LogP contribution >= 0.6 is 0 Å². The van der Waals surface area contributed by atoms with Gasteiger partial charge in [-0.3, -0.25) is 0 Å². The molecule has 0 aliphatic carbocycles. The van der Waals surface area contributed by atoms with Crippen molar-refractivity contribution in [2.24, 2.45) is 0 Å². The molecule has 0 spiro atoms. The summed E-state index contributed by atoms with van der Waals surface area (Å²) in [7, 11) is -2.17. The molecule has 3 N–H and O–H groups in total. The summed E-state index contributed by atoms with van der Waals surface area (Å²) in [4.78, 5) is 0. The minimum absolute atomic E-state index is 0. The fourth-order valence-electron chi connectivity index (χ4n) is 0. The van der Waals surface area contributed by atoms with Crippen LogP contribution in [-0.4, -0.2) is 22.4 Å². The van der Waals surface area contributed by atoms with Gasteiger partial charge in [0.1, 0.15) is 0 Å². The van der Waals surface area contributed by atoms with Gasteiger partial charge >= 0.3 is 7.32 Å². The summed E-state index contributed by atoms with van der Waals surface area (Å²) in [5.41, 5.74) is 0. The van der Waals surface area contributed by atoms with Crippen LogP contribution in [0.4, 0.5) is 0 Å². The molecule has 0 aromatic carbocycles. The number of hydrogen-bond donors (Lipinski definition) is 3. The van der Waals surface area contributed by atoms with Crippen molar-refractivity contribution in [2.45, 2.75) is 0 Å². The van der Waals surface area contributed by atoms with Gasteiger partial charge in [-0.2, -0.15) is 0 Å². The zero-order valence-corrected chi connectivity index (χ0v) is 4.72. The third kappa shape index (κ3) is 29.4. The first kappa shape index (κ1) is 9.73. The molecule has 0 saturated carbocycles. The van der Waals surface area contributed by atoms with Crippen molar-refractivity contribution < 1.29 is 64.4 Å². The molecule has 5 heteroatoms. The minimum Gasteiger partial charge on any atom is -0.402 e. The molecule has 0 aromatic heterocycles. The topological polar surface area (TPSA) is 60.7 Å². The second-order valence-electron chi connectivity index (χ2n) is 0.346. The van der Waals surface area contributed by atoms with Gasteiger partial charge in [-0.25, -0.2) is 0 Å². The monoisotopic (exact) mass is 215 g/mol. The molecule has 31 valence electrons. The van der Waals surface area contributed by atoms with Crippen molar-refractivity contribution in [3.05, 3.63) is 0 Å². The predicted molar refractivity (Wildman–Crippen MR) is 12.4 cm³/mol. The molecule has 0 aromatic rings. The largest absolute Gasteiger partial charge is 0.631 e. The van der Waals surface area contributed by atoms with Crippen LogP contribution in [-0.2, 0) is 0 Å². The smallest absolute Gasteiger partial charge is 0.402 e. The summed E-state index contributed by atoms with van der Waals surface area (Å²) in [6, 6.07) is 0. The zero-order valence-electron chi connectivity index (χ0n) is 2.30. The summed E-state index contributed by atoms with van der Waals surface area (Å²) in [5, 5.41) is 21.5. The molecule has 0 amide bonds. The Hall–Kier alpha value is 1.53. The average molecular weight is 214 g/mol. The van der Waals surface area contributed by atoms with E-state index >= 15 is 0 Å². The zero-order chi connectivity index (χ0) is 3.58. The van der Waals surface area contributed by atoms with E-state index in [4.69, 9.17) is 15.1 Å². The first-order chi connectivity index (χ1) is 1.73. The summed E-state index contributed by atoms with van der Waals surface area (Å²) in [5.74, 6) is 0. The van der Waals surface area contributed by atoms with Crippen LogP contribution < -0.4 is 0 Å². The molecule has 5 heavy (non-hydrogen) atoms. The van der Waals surface area contributed by atoms with Crippen LogP contribution in [0.5, 0.6) is 0 Å². The SMILES string of the molecule is OB(O)O.[Eu]. The van der Waals surface area contributed by atoms with Crippen molar-refractivity contribution in [3.63, 3.8) is 0 Å². The van der Waals surface area contributed by atoms with Gasteiger partial charge in [0, 0.05) is 49.4 Å². The standard InChI is InChI=1S/BH3O3.Eu/c2-1(3)4;/h2-4H;. The van der Waals surface area contributed by atoms with E-state index in [1.54, 1.807) is 0 Å². The Kier molecular flexibility index (Phi) is 10.8. The maximum atomic E-state index is 7.17. The molecule has 0 unspecified atom stereocenters. The van der Waals surface area contributed by atoms with E-state index in [9.17, 15) is 0 Å². The Morgan fingerprint density at radius 2 is 1.00 bits per heavy atom. The van der Waals surface area contributed by atoms with Gasteiger partial charge in [-0.05, 0) is 0 Å². The quantitative estimate of drug-likeness (QED) is 0.406. The molecule has 0 aliphatic heterocycles. The summed E-state index contributed by atoms with van der Waals surface area (Å²) >= 11 is 0. The van der Waals surface area contributed by atoms with Crippen molar-refractivity contribution >= 4 is 7.32 Å². The second-order valence-corrected chi connectivity index (χ2v) is 0.346. The fraction of sp³-hybridized carbons (Fsp3) is 0. The summed E-state index contributed by atoms with van der Waals surface area (Å²) in [6.07, 6.45) is 0. The Balaban J connectivity index is 0. The Morgan fingerprint density at radius 3 is 1.00 bits per heavy atom. The van der Waals surface area contributed by atoms with Crippen molar-refractivity contribution in [1.29, 1.82) is 0 Å². The second kappa shape index (κ2) is 5.53. The average Bonchev–Trinajstić information content (AvgIpc) is 0.811. The van der Waals surface area contributed by atoms with Crippen LogP contribution in [0.15, 0.2) is 0 Å². The molecule has 0 bridgehead atoms. The van der Waals surface area contributed by atoms with E-state index < -0.39 is 7.32 Å². The van der Waals surface area contributed by atoms with Crippen LogP contribution in [0.3, 0.4) is 0 Å². The first-order valence-electron chi connectivity index (χ1n) is 0.775. The van der Waals surface area contributed by atoms with Gasteiger partial charge < -0.3 is 15.1 Å². The normalized spacial score (nSPS) is 5.40. The summed E-state index contributed by atoms with van der Waals surface area (Å²) < 4.78 is 0. The molecule has 0 heterocycles. The van der Waals surface area contributed by atoms with Crippen molar-refractivity contribution in [2.75, 3.05) is 0 Å². The van der Waals surface area contributed by atoms with E-state index in [1.165, 1.54) is 0 Å². The van der Waals surface area contributed by atoms with E-state index in [-0.39, 0.29) is 49.4 Å². The van der Waals surface area contributed by atoms with Crippen LogP contribution in [0, 0.1) is 49.4 Å². The predicted octanol–water partition coefficient (Wildman–Crippen LogP) is -2.05. The van der Waals surface area contributed by atoms with Gasteiger partial charge in [0.2, 0.25) is 0 Å². The third-order valence-corrected chi connectivity index (χ3v) is 0. The van der Waals surface area contributed by atoms with Crippen LogP contribution in [0.1, 0.15) is 0 Å². The van der Waals surface area contributed by atoms with Crippen LogP contribution in [0.2, 0.25) is 0 Å². The molecule has 0 atom stereocenters. The van der Waals surface area contributed by atoms with E-state index in [0.717, 1.165) is 0 Å². The van der Waals surface area contributed by atoms with E-state index in [1.807, 2.05) is 0 Å². The molecule has 3 nitrogen and oxygen atoms in total. The van der Waals surface area contributed by atoms with Crippen molar-refractivity contribution in [1.82, 2.24) is 0 Å². The molecular formula is H3BEuO3. The maximum Gasteiger partial charge on any atom is 0.631 e. The van der Waals surface area contributed by atoms with Crippen LogP contribution in [0.25, 0.3) is 0 Å². The molecule has 1 radical (unpaired) electrons. The van der Waals surface area contributed by atoms with Gasteiger partial charge in [0.15, 0.2) is 0 Å². The first-order valence-corrected chi connectivity index (χ1v) is 0.775. The molecule has 0 aliphatic rings. The van der Waals surface area contributed by atoms with E-state index in [0.29, 0.717) is 0 Å². The molecule has 0 fully saturated rings. The van der Waals surface area contributed by atoms with Gasteiger partial charge in [0.05, 0.1) is 0 Å². The number of hydrogen-bond acceptors (Lipinski definition) is 3. The van der Waals surface area contributed by atoms with E-state index in [2.05, 4.69) is 0 Å². The van der Waals surface area contributed by atoms with Gasteiger partial charge in [0.25, 0.3) is 0 Å². The number of rotatable bonds is 0. The van der Waals surface area contributed by atoms with Gasteiger partial charge in [-0.1, -0.05) is 0 Å². The Bertz CT molecular complexity index is 11.6. The summed E-state index contributed by atoms with van der Waals surface area (Å²) in [6.45, 7) is 0. The maximum absolute atomic E-state index is 7.17. The van der Waals surface area contributed by atoms with Gasteiger partial charge in [-0.15, -0.1) is 0 Å². The fourth-order valence-corrected chi connectivity index (χ4v) is 0.